The van der Waals surface area contributed by atoms with Crippen LogP contribution in [0.2, 0.25) is 0 Å². The Hall–Kier alpha value is -1.16. The lowest BCUT2D eigenvalue weighted by atomic mass is 10.2. The summed E-state index contributed by atoms with van der Waals surface area (Å²) in [5.74, 6) is 0.623. The van der Waals surface area contributed by atoms with Crippen molar-refractivity contribution in [1.29, 1.82) is 0 Å². The summed E-state index contributed by atoms with van der Waals surface area (Å²) in [6, 6.07) is 6.92. The average Bonchev–Trinajstić information content (AvgIpc) is 2.15. The molecule has 1 aromatic carbocycles. The van der Waals surface area contributed by atoms with Gasteiger partial charge in [0.25, 0.3) is 0 Å². The smallest absolute Gasteiger partial charge is 0.123 e. The molecule has 1 aromatic rings. The van der Waals surface area contributed by atoms with E-state index in [4.69, 9.17) is 22.7 Å². The monoisotopic (exact) mass is 199 g/mol. The van der Waals surface area contributed by atoms with Crippen LogP contribution < -0.4 is 10.5 Å². The van der Waals surface area contributed by atoms with Gasteiger partial charge < -0.3 is 10.5 Å². The van der Waals surface area contributed by atoms with E-state index in [2.05, 4.69) is 0 Å². The second-order valence-electron chi connectivity index (χ2n) is 2.43. The van der Waals surface area contributed by atoms with E-state index in [1.807, 2.05) is 0 Å². The molecule has 0 atom stereocenters. The fourth-order valence-electron chi connectivity index (χ4n) is 0.872. The predicted molar refractivity (Wildman–Crippen MR) is 53.8 cm³/mol. The predicted octanol–water partition coefficient (Wildman–Crippen LogP) is 1.67. The molecule has 0 saturated carbocycles. The maximum absolute atomic E-state index is 11.7. The molecule has 1 rings (SSSR count). The molecule has 13 heavy (non-hydrogen) atoms. The van der Waals surface area contributed by atoms with Crippen molar-refractivity contribution in [2.45, 2.75) is 0 Å². The minimum atomic E-state index is -0.489. The molecule has 0 saturated heterocycles. The van der Waals surface area contributed by atoms with Crippen molar-refractivity contribution in [1.82, 2.24) is 0 Å². The standard InChI is InChI=1S/C9H10FNOS/c10-5-6-12-8-3-1-7(2-4-8)9(11)13/h1-4H,5-6H2,(H2,11,13). The van der Waals surface area contributed by atoms with Crippen LogP contribution in [0, 0.1) is 0 Å². The Kier molecular flexibility index (Phi) is 3.64. The Morgan fingerprint density at radius 3 is 2.46 bits per heavy atom. The maximum Gasteiger partial charge on any atom is 0.123 e. The number of alkyl halides is 1. The number of ether oxygens (including phenoxy) is 1. The van der Waals surface area contributed by atoms with Crippen LogP contribution in [-0.4, -0.2) is 18.3 Å². The second kappa shape index (κ2) is 4.77. The van der Waals surface area contributed by atoms with Gasteiger partial charge in [-0.2, -0.15) is 0 Å². The largest absolute Gasteiger partial charge is 0.491 e. The number of thiocarbonyl (C=S) groups is 1. The molecule has 2 N–H and O–H groups in total. The van der Waals surface area contributed by atoms with Crippen molar-refractivity contribution in [3.8, 4) is 5.75 Å². The van der Waals surface area contributed by atoms with Gasteiger partial charge in [-0.05, 0) is 24.3 Å². The zero-order chi connectivity index (χ0) is 9.68. The van der Waals surface area contributed by atoms with Crippen LogP contribution in [0.5, 0.6) is 5.75 Å². The van der Waals surface area contributed by atoms with Gasteiger partial charge in [-0.15, -0.1) is 0 Å². The van der Waals surface area contributed by atoms with Crippen LogP contribution in [0.3, 0.4) is 0 Å². The lowest BCUT2D eigenvalue weighted by Crippen LogP contribution is -2.08. The van der Waals surface area contributed by atoms with Gasteiger partial charge in [-0.1, -0.05) is 12.2 Å². The van der Waals surface area contributed by atoms with Gasteiger partial charge in [0.1, 0.15) is 24.0 Å². The third-order valence-electron chi connectivity index (χ3n) is 1.48. The molecule has 0 fully saturated rings. The highest BCUT2D eigenvalue weighted by Crippen LogP contribution is 2.11. The van der Waals surface area contributed by atoms with Crippen molar-refractivity contribution >= 4 is 17.2 Å². The molecule has 0 heterocycles. The highest BCUT2D eigenvalue weighted by atomic mass is 32.1. The van der Waals surface area contributed by atoms with Crippen molar-refractivity contribution in [2.75, 3.05) is 13.3 Å². The Bertz CT molecular complexity index is 286. The fraction of sp³-hybridized carbons (Fsp3) is 0.222. The van der Waals surface area contributed by atoms with Crippen LogP contribution in [0.1, 0.15) is 5.56 Å². The Balaban J connectivity index is 2.64. The molecule has 0 spiro atoms. The van der Waals surface area contributed by atoms with E-state index in [1.165, 1.54) is 0 Å². The zero-order valence-corrected chi connectivity index (χ0v) is 7.81. The summed E-state index contributed by atoms with van der Waals surface area (Å²) in [4.78, 5) is 0.344. The van der Waals surface area contributed by atoms with Crippen LogP contribution in [0.25, 0.3) is 0 Å². The first-order valence-electron chi connectivity index (χ1n) is 3.82. The molecular formula is C9H10FNOS. The summed E-state index contributed by atoms with van der Waals surface area (Å²) < 4.78 is 16.8. The number of hydrogen-bond donors (Lipinski definition) is 1. The quantitative estimate of drug-likeness (QED) is 0.749. The third kappa shape index (κ3) is 2.99. The van der Waals surface area contributed by atoms with Gasteiger partial charge in [-0.25, -0.2) is 4.39 Å². The molecule has 70 valence electrons. The van der Waals surface area contributed by atoms with E-state index >= 15 is 0 Å². The summed E-state index contributed by atoms with van der Waals surface area (Å²) in [6.07, 6.45) is 0. The molecule has 0 aliphatic heterocycles. The Morgan fingerprint density at radius 1 is 1.38 bits per heavy atom. The molecule has 0 bridgehead atoms. The summed E-state index contributed by atoms with van der Waals surface area (Å²) in [5, 5.41) is 0. The average molecular weight is 199 g/mol. The first kappa shape index (κ1) is 9.92. The number of halogens is 1. The van der Waals surface area contributed by atoms with Gasteiger partial charge >= 0.3 is 0 Å². The van der Waals surface area contributed by atoms with Crippen LogP contribution in [0.4, 0.5) is 4.39 Å². The molecule has 0 amide bonds. The minimum Gasteiger partial charge on any atom is -0.491 e. The highest BCUT2D eigenvalue weighted by molar-refractivity contribution is 7.80. The SMILES string of the molecule is NC(=S)c1ccc(OCCF)cc1. The van der Waals surface area contributed by atoms with E-state index in [0.29, 0.717) is 10.7 Å². The summed E-state index contributed by atoms with van der Waals surface area (Å²) in [5.41, 5.74) is 6.17. The summed E-state index contributed by atoms with van der Waals surface area (Å²) >= 11 is 4.77. The Morgan fingerprint density at radius 2 is 2.00 bits per heavy atom. The molecular weight excluding hydrogens is 189 g/mol. The number of nitrogens with two attached hydrogens (primary N) is 1. The highest BCUT2D eigenvalue weighted by Gasteiger charge is 1.96. The lowest BCUT2D eigenvalue weighted by Gasteiger charge is -2.03. The van der Waals surface area contributed by atoms with E-state index in [1.54, 1.807) is 24.3 Å². The van der Waals surface area contributed by atoms with Crippen molar-refractivity contribution in [2.24, 2.45) is 5.73 Å². The first-order chi connectivity index (χ1) is 6.24. The molecule has 0 aromatic heterocycles. The van der Waals surface area contributed by atoms with E-state index in [-0.39, 0.29) is 6.61 Å². The van der Waals surface area contributed by atoms with Crippen LogP contribution in [-0.2, 0) is 0 Å². The van der Waals surface area contributed by atoms with E-state index < -0.39 is 6.67 Å². The Labute approximate surface area is 81.5 Å². The van der Waals surface area contributed by atoms with Crippen molar-refractivity contribution in [3.05, 3.63) is 29.8 Å². The number of hydrogen-bond acceptors (Lipinski definition) is 2. The summed E-state index contributed by atoms with van der Waals surface area (Å²) in [6.45, 7) is -0.413. The minimum absolute atomic E-state index is 0.0758. The van der Waals surface area contributed by atoms with E-state index in [9.17, 15) is 4.39 Å². The third-order valence-corrected chi connectivity index (χ3v) is 1.72. The van der Waals surface area contributed by atoms with Gasteiger partial charge in [0, 0.05) is 5.56 Å². The normalized spacial score (nSPS) is 9.62. The number of benzene rings is 1. The lowest BCUT2D eigenvalue weighted by molar-refractivity contribution is 0.273. The topological polar surface area (TPSA) is 35.2 Å². The van der Waals surface area contributed by atoms with Crippen molar-refractivity contribution < 1.29 is 9.13 Å². The number of rotatable bonds is 4. The van der Waals surface area contributed by atoms with Gasteiger partial charge in [0.2, 0.25) is 0 Å². The van der Waals surface area contributed by atoms with Gasteiger partial charge in [0.05, 0.1) is 0 Å². The van der Waals surface area contributed by atoms with Gasteiger partial charge in [0.15, 0.2) is 0 Å². The zero-order valence-electron chi connectivity index (χ0n) is 7.00. The van der Waals surface area contributed by atoms with Gasteiger partial charge in [-0.3, -0.25) is 0 Å². The molecule has 0 radical (unpaired) electrons. The van der Waals surface area contributed by atoms with Crippen LogP contribution >= 0.6 is 12.2 Å². The van der Waals surface area contributed by atoms with Crippen molar-refractivity contribution in [3.63, 3.8) is 0 Å². The second-order valence-corrected chi connectivity index (χ2v) is 2.87. The molecule has 0 unspecified atom stereocenters. The fourth-order valence-corrected chi connectivity index (χ4v) is 1.01. The van der Waals surface area contributed by atoms with E-state index in [0.717, 1.165) is 5.56 Å². The first-order valence-corrected chi connectivity index (χ1v) is 4.23. The summed E-state index contributed by atoms with van der Waals surface area (Å²) in [7, 11) is 0. The molecule has 0 aliphatic carbocycles. The molecule has 4 heteroatoms. The molecule has 2 nitrogen and oxygen atoms in total. The maximum atomic E-state index is 11.7. The van der Waals surface area contributed by atoms with Crippen LogP contribution in [0.15, 0.2) is 24.3 Å². The molecule has 0 aliphatic rings.